The molecule has 0 aromatic heterocycles. The molecule has 28 heavy (non-hydrogen) atoms. The van der Waals surface area contributed by atoms with Crippen LogP contribution in [0.15, 0.2) is 48.5 Å². The van der Waals surface area contributed by atoms with Crippen molar-refractivity contribution in [3.05, 3.63) is 98.6 Å². The van der Waals surface area contributed by atoms with Crippen LogP contribution in [0, 0.1) is 27.7 Å². The fourth-order valence-electron chi connectivity index (χ4n) is 3.59. The predicted molar refractivity (Wildman–Crippen MR) is 113 cm³/mol. The van der Waals surface area contributed by atoms with E-state index in [0.29, 0.717) is 18.4 Å². The SMILES string of the molecule is Cc1cccc(Cc2cc(Cc3cccc(C)c3C)c(O)c(C(=O)O)c2)c1C. The number of aryl methyl sites for hydroxylation is 2. The zero-order valence-corrected chi connectivity index (χ0v) is 16.8. The minimum Gasteiger partial charge on any atom is -0.507 e. The Bertz CT molecular complexity index is 1050. The first kappa shape index (κ1) is 19.7. The zero-order valence-electron chi connectivity index (χ0n) is 16.8. The fourth-order valence-corrected chi connectivity index (χ4v) is 3.59. The molecule has 3 aromatic carbocycles. The van der Waals surface area contributed by atoms with Gasteiger partial charge in [-0.1, -0.05) is 42.5 Å². The molecule has 0 amide bonds. The van der Waals surface area contributed by atoms with Gasteiger partial charge in [0.15, 0.2) is 0 Å². The van der Waals surface area contributed by atoms with Crippen LogP contribution in [-0.2, 0) is 12.8 Å². The van der Waals surface area contributed by atoms with Gasteiger partial charge in [-0.05, 0) is 84.7 Å². The number of carbonyl (C=O) groups is 1. The summed E-state index contributed by atoms with van der Waals surface area (Å²) in [5.74, 6) is -1.25. The molecule has 3 rings (SSSR count). The molecule has 0 bridgehead atoms. The van der Waals surface area contributed by atoms with Gasteiger partial charge in [-0.15, -0.1) is 0 Å². The summed E-state index contributed by atoms with van der Waals surface area (Å²) >= 11 is 0. The molecule has 0 fully saturated rings. The normalized spacial score (nSPS) is 10.9. The van der Waals surface area contributed by atoms with Crippen LogP contribution in [0.3, 0.4) is 0 Å². The van der Waals surface area contributed by atoms with Crippen molar-refractivity contribution in [2.24, 2.45) is 0 Å². The molecule has 0 aliphatic heterocycles. The fraction of sp³-hybridized carbons (Fsp3) is 0.240. The number of hydrogen-bond acceptors (Lipinski definition) is 2. The van der Waals surface area contributed by atoms with E-state index in [1.807, 2.05) is 24.3 Å². The first-order valence-electron chi connectivity index (χ1n) is 9.46. The molecule has 0 unspecified atom stereocenters. The molecule has 0 atom stereocenters. The molecule has 144 valence electrons. The zero-order chi connectivity index (χ0) is 20.4. The average Bonchev–Trinajstić information content (AvgIpc) is 2.65. The van der Waals surface area contributed by atoms with Gasteiger partial charge < -0.3 is 10.2 Å². The van der Waals surface area contributed by atoms with E-state index in [-0.39, 0.29) is 11.3 Å². The Hall–Kier alpha value is -3.07. The first-order valence-corrected chi connectivity index (χ1v) is 9.46. The minimum atomic E-state index is -1.11. The van der Waals surface area contributed by atoms with Crippen molar-refractivity contribution in [2.45, 2.75) is 40.5 Å². The van der Waals surface area contributed by atoms with Gasteiger partial charge in [0.2, 0.25) is 0 Å². The van der Waals surface area contributed by atoms with Crippen molar-refractivity contribution >= 4 is 5.97 Å². The van der Waals surface area contributed by atoms with E-state index in [1.165, 1.54) is 27.8 Å². The van der Waals surface area contributed by atoms with Crippen LogP contribution in [0.5, 0.6) is 5.75 Å². The van der Waals surface area contributed by atoms with Crippen LogP contribution in [0.25, 0.3) is 0 Å². The summed E-state index contributed by atoms with van der Waals surface area (Å²) in [4.78, 5) is 11.7. The van der Waals surface area contributed by atoms with E-state index in [1.54, 1.807) is 6.07 Å². The van der Waals surface area contributed by atoms with Crippen molar-refractivity contribution in [2.75, 3.05) is 0 Å². The number of aromatic carboxylic acids is 1. The summed E-state index contributed by atoms with van der Waals surface area (Å²) in [6, 6.07) is 15.8. The molecule has 0 heterocycles. The molecule has 3 aromatic rings. The summed E-state index contributed by atoms with van der Waals surface area (Å²) in [7, 11) is 0. The minimum absolute atomic E-state index is 0.0388. The monoisotopic (exact) mass is 374 g/mol. The summed E-state index contributed by atoms with van der Waals surface area (Å²) in [6.45, 7) is 8.27. The molecular weight excluding hydrogens is 348 g/mol. The van der Waals surface area contributed by atoms with Gasteiger partial charge in [-0.3, -0.25) is 0 Å². The maximum Gasteiger partial charge on any atom is 0.339 e. The number of carboxylic acids is 1. The molecular formula is C25H26O3. The highest BCUT2D eigenvalue weighted by Crippen LogP contribution is 2.30. The highest BCUT2D eigenvalue weighted by atomic mass is 16.4. The Morgan fingerprint density at radius 3 is 1.86 bits per heavy atom. The van der Waals surface area contributed by atoms with Crippen LogP contribution in [0.1, 0.15) is 54.9 Å². The van der Waals surface area contributed by atoms with Crippen LogP contribution < -0.4 is 0 Å². The van der Waals surface area contributed by atoms with Crippen molar-refractivity contribution in [3.8, 4) is 5.75 Å². The molecule has 0 radical (unpaired) electrons. The Labute approximate surface area is 166 Å². The molecule has 2 N–H and O–H groups in total. The number of carboxylic acid groups (broad SMARTS) is 1. The third-order valence-corrected chi connectivity index (χ3v) is 5.69. The molecule has 0 saturated heterocycles. The topological polar surface area (TPSA) is 57.5 Å². The summed E-state index contributed by atoms with van der Waals surface area (Å²) in [6.07, 6.45) is 1.13. The molecule has 0 aliphatic carbocycles. The second-order valence-electron chi connectivity index (χ2n) is 7.53. The van der Waals surface area contributed by atoms with Gasteiger partial charge in [-0.25, -0.2) is 4.79 Å². The van der Waals surface area contributed by atoms with Crippen LogP contribution in [-0.4, -0.2) is 16.2 Å². The number of aromatic hydroxyl groups is 1. The Morgan fingerprint density at radius 1 is 0.786 bits per heavy atom. The number of benzene rings is 3. The molecule has 0 saturated carbocycles. The van der Waals surface area contributed by atoms with E-state index in [4.69, 9.17) is 0 Å². The first-order chi connectivity index (χ1) is 13.3. The van der Waals surface area contributed by atoms with Crippen LogP contribution in [0.2, 0.25) is 0 Å². The van der Waals surface area contributed by atoms with Crippen LogP contribution >= 0.6 is 0 Å². The Kier molecular flexibility index (Phi) is 5.55. The van der Waals surface area contributed by atoms with E-state index < -0.39 is 5.97 Å². The quantitative estimate of drug-likeness (QED) is 0.619. The average molecular weight is 374 g/mol. The lowest BCUT2D eigenvalue weighted by molar-refractivity contribution is 0.0693. The highest BCUT2D eigenvalue weighted by Gasteiger charge is 2.17. The number of phenols is 1. The van der Waals surface area contributed by atoms with Gasteiger partial charge in [0.05, 0.1) is 0 Å². The lowest BCUT2D eigenvalue weighted by atomic mass is 9.91. The Balaban J connectivity index is 2.06. The second kappa shape index (κ2) is 7.89. The number of hydrogen-bond donors (Lipinski definition) is 2. The van der Waals surface area contributed by atoms with Crippen molar-refractivity contribution < 1.29 is 15.0 Å². The molecule has 3 heteroatoms. The van der Waals surface area contributed by atoms with E-state index in [9.17, 15) is 15.0 Å². The third-order valence-electron chi connectivity index (χ3n) is 5.69. The largest absolute Gasteiger partial charge is 0.507 e. The summed E-state index contributed by atoms with van der Waals surface area (Å²) in [5.41, 5.74) is 8.53. The summed E-state index contributed by atoms with van der Waals surface area (Å²) in [5, 5.41) is 20.2. The van der Waals surface area contributed by atoms with Crippen molar-refractivity contribution in [3.63, 3.8) is 0 Å². The van der Waals surface area contributed by atoms with Crippen LogP contribution in [0.4, 0.5) is 0 Å². The Morgan fingerprint density at radius 2 is 1.32 bits per heavy atom. The van der Waals surface area contributed by atoms with E-state index in [0.717, 1.165) is 11.1 Å². The van der Waals surface area contributed by atoms with E-state index >= 15 is 0 Å². The molecule has 0 aliphatic rings. The number of rotatable bonds is 5. The van der Waals surface area contributed by atoms with Crippen molar-refractivity contribution in [1.82, 2.24) is 0 Å². The highest BCUT2D eigenvalue weighted by molar-refractivity contribution is 5.91. The molecule has 3 nitrogen and oxygen atoms in total. The van der Waals surface area contributed by atoms with E-state index in [2.05, 4.69) is 45.9 Å². The van der Waals surface area contributed by atoms with Gasteiger partial charge >= 0.3 is 5.97 Å². The third kappa shape index (κ3) is 3.94. The lowest BCUT2D eigenvalue weighted by Crippen LogP contribution is -2.04. The molecule has 0 spiro atoms. The van der Waals surface area contributed by atoms with Crippen molar-refractivity contribution in [1.29, 1.82) is 0 Å². The maximum atomic E-state index is 11.7. The van der Waals surface area contributed by atoms with Gasteiger partial charge in [0.25, 0.3) is 0 Å². The van der Waals surface area contributed by atoms with Gasteiger partial charge in [0, 0.05) is 6.42 Å². The smallest absolute Gasteiger partial charge is 0.339 e. The standard InChI is InChI=1S/C25H26O3/c1-15-7-5-9-20(17(15)3)11-19-12-22(24(26)23(13-19)25(27)28)14-21-10-6-8-16(2)18(21)4/h5-10,12-13,26H,11,14H2,1-4H3,(H,27,28). The maximum absolute atomic E-state index is 11.7. The lowest BCUT2D eigenvalue weighted by Gasteiger charge is -2.15. The van der Waals surface area contributed by atoms with Gasteiger partial charge in [0.1, 0.15) is 11.3 Å². The predicted octanol–water partition coefficient (Wildman–Crippen LogP) is 5.51. The second-order valence-corrected chi connectivity index (χ2v) is 7.53. The summed E-state index contributed by atoms with van der Waals surface area (Å²) < 4.78 is 0. The van der Waals surface area contributed by atoms with Gasteiger partial charge in [-0.2, -0.15) is 0 Å².